The molecule has 0 aromatic heterocycles. The van der Waals surface area contributed by atoms with E-state index in [1.807, 2.05) is 13.0 Å². The fourth-order valence-electron chi connectivity index (χ4n) is 1.35. The van der Waals surface area contributed by atoms with Crippen molar-refractivity contribution in [2.45, 2.75) is 19.4 Å². The van der Waals surface area contributed by atoms with Crippen molar-refractivity contribution in [2.24, 2.45) is 0 Å². The van der Waals surface area contributed by atoms with Crippen LogP contribution < -0.4 is 5.73 Å². The molecule has 0 aliphatic carbocycles. The van der Waals surface area contributed by atoms with Gasteiger partial charge in [0.15, 0.2) is 0 Å². The minimum Gasteiger partial charge on any atom is -0.398 e. The summed E-state index contributed by atoms with van der Waals surface area (Å²) < 4.78 is 0.766. The van der Waals surface area contributed by atoms with E-state index >= 15 is 0 Å². The van der Waals surface area contributed by atoms with Crippen LogP contribution in [-0.2, 0) is 0 Å². The van der Waals surface area contributed by atoms with Crippen LogP contribution in [0.5, 0.6) is 0 Å². The average molecular weight is 296 g/mol. The average Bonchev–Trinajstić information content (AvgIpc) is 2.31. The van der Waals surface area contributed by atoms with Crippen molar-refractivity contribution in [1.82, 2.24) is 4.90 Å². The highest BCUT2D eigenvalue weighted by atomic mass is 79.9. The number of benzene rings is 1. The molecule has 0 aliphatic rings. The minimum absolute atomic E-state index is 0.114. The number of anilines is 1. The van der Waals surface area contributed by atoms with Crippen LogP contribution in [0.1, 0.15) is 23.7 Å². The van der Waals surface area contributed by atoms with Gasteiger partial charge in [0.05, 0.1) is 12.5 Å². The van der Waals surface area contributed by atoms with Crippen molar-refractivity contribution in [2.75, 3.05) is 12.8 Å². The number of hydrogen-bond acceptors (Lipinski definition) is 3. The van der Waals surface area contributed by atoms with E-state index in [0.29, 0.717) is 17.7 Å². The van der Waals surface area contributed by atoms with E-state index in [-0.39, 0.29) is 11.9 Å². The SMILES string of the molecule is CC(CC#N)N(C)C(=O)c1ccc(Br)c(N)c1. The van der Waals surface area contributed by atoms with Crippen LogP contribution in [-0.4, -0.2) is 23.9 Å². The van der Waals surface area contributed by atoms with Crippen LogP contribution in [0.4, 0.5) is 5.69 Å². The summed E-state index contributed by atoms with van der Waals surface area (Å²) in [5.74, 6) is -0.132. The van der Waals surface area contributed by atoms with E-state index in [1.54, 1.807) is 30.1 Å². The van der Waals surface area contributed by atoms with Crippen LogP contribution in [0.25, 0.3) is 0 Å². The van der Waals surface area contributed by atoms with Gasteiger partial charge in [0, 0.05) is 28.8 Å². The molecule has 1 aromatic rings. The number of nitrogens with two attached hydrogens (primary N) is 1. The van der Waals surface area contributed by atoms with Gasteiger partial charge in [0.1, 0.15) is 0 Å². The normalized spacial score (nSPS) is 11.6. The molecule has 1 amide bonds. The fourth-order valence-corrected chi connectivity index (χ4v) is 1.60. The molecule has 1 atom stereocenters. The van der Waals surface area contributed by atoms with Gasteiger partial charge in [-0.2, -0.15) is 5.26 Å². The first-order valence-electron chi connectivity index (χ1n) is 5.16. The summed E-state index contributed by atoms with van der Waals surface area (Å²) in [4.78, 5) is 13.6. The van der Waals surface area contributed by atoms with Crippen LogP contribution in [0.15, 0.2) is 22.7 Å². The predicted molar refractivity (Wildman–Crippen MR) is 70.3 cm³/mol. The Labute approximate surface area is 109 Å². The van der Waals surface area contributed by atoms with Crippen LogP contribution in [0.2, 0.25) is 0 Å². The molecule has 1 aromatic carbocycles. The quantitative estimate of drug-likeness (QED) is 0.871. The van der Waals surface area contributed by atoms with Crippen molar-refractivity contribution in [1.29, 1.82) is 5.26 Å². The van der Waals surface area contributed by atoms with E-state index in [9.17, 15) is 4.79 Å². The molecular formula is C12H14BrN3O. The number of hydrogen-bond donors (Lipinski definition) is 1. The van der Waals surface area contributed by atoms with Gasteiger partial charge in [-0.25, -0.2) is 0 Å². The second kappa shape index (κ2) is 5.69. The zero-order valence-corrected chi connectivity index (χ0v) is 11.4. The predicted octanol–water partition coefficient (Wildman–Crippen LogP) is 2.41. The van der Waals surface area contributed by atoms with E-state index < -0.39 is 0 Å². The smallest absolute Gasteiger partial charge is 0.253 e. The lowest BCUT2D eigenvalue weighted by Gasteiger charge is -2.23. The zero-order chi connectivity index (χ0) is 13.0. The third kappa shape index (κ3) is 3.21. The lowest BCUT2D eigenvalue weighted by molar-refractivity contribution is 0.0746. The third-order valence-electron chi connectivity index (χ3n) is 2.61. The Bertz CT molecular complexity index is 467. The number of halogens is 1. The van der Waals surface area contributed by atoms with E-state index in [0.717, 1.165) is 4.47 Å². The van der Waals surface area contributed by atoms with Crippen molar-refractivity contribution < 1.29 is 4.79 Å². The Kier molecular flexibility index (Phi) is 4.53. The topological polar surface area (TPSA) is 70.1 Å². The molecule has 90 valence electrons. The highest BCUT2D eigenvalue weighted by Gasteiger charge is 2.17. The number of amides is 1. The number of rotatable bonds is 3. The second-order valence-corrected chi connectivity index (χ2v) is 4.72. The van der Waals surface area contributed by atoms with Crippen LogP contribution in [0, 0.1) is 11.3 Å². The number of nitrogens with zero attached hydrogens (tertiary/aromatic N) is 2. The summed E-state index contributed by atoms with van der Waals surface area (Å²) in [5, 5.41) is 8.60. The maximum atomic E-state index is 12.1. The number of nitrogen functional groups attached to an aromatic ring is 1. The standard InChI is InChI=1S/C12H14BrN3O/c1-8(5-6-14)16(2)12(17)9-3-4-10(13)11(15)7-9/h3-4,7-8H,5,15H2,1-2H3. The maximum absolute atomic E-state index is 12.1. The van der Waals surface area contributed by atoms with Crippen LogP contribution in [0.3, 0.4) is 0 Å². The van der Waals surface area contributed by atoms with Gasteiger partial charge in [0.25, 0.3) is 5.91 Å². The molecule has 4 nitrogen and oxygen atoms in total. The van der Waals surface area contributed by atoms with E-state index in [4.69, 9.17) is 11.0 Å². The highest BCUT2D eigenvalue weighted by molar-refractivity contribution is 9.10. The summed E-state index contributed by atoms with van der Waals surface area (Å²) >= 11 is 3.28. The summed E-state index contributed by atoms with van der Waals surface area (Å²) in [6, 6.07) is 7.01. The molecule has 0 spiro atoms. The Hall–Kier alpha value is -1.54. The summed E-state index contributed by atoms with van der Waals surface area (Å²) in [7, 11) is 1.68. The molecular weight excluding hydrogens is 282 g/mol. The van der Waals surface area contributed by atoms with Gasteiger partial charge in [-0.3, -0.25) is 4.79 Å². The first-order chi connectivity index (χ1) is 7.97. The Morgan fingerprint density at radius 3 is 2.82 bits per heavy atom. The highest BCUT2D eigenvalue weighted by Crippen LogP contribution is 2.21. The lowest BCUT2D eigenvalue weighted by atomic mass is 10.1. The van der Waals surface area contributed by atoms with E-state index in [1.165, 1.54) is 0 Å². The van der Waals surface area contributed by atoms with Crippen LogP contribution >= 0.6 is 15.9 Å². The van der Waals surface area contributed by atoms with Gasteiger partial charge in [-0.05, 0) is 41.1 Å². The molecule has 0 saturated heterocycles. The van der Waals surface area contributed by atoms with Crippen molar-refractivity contribution >= 4 is 27.5 Å². The lowest BCUT2D eigenvalue weighted by Crippen LogP contribution is -2.34. The molecule has 17 heavy (non-hydrogen) atoms. The van der Waals surface area contributed by atoms with Gasteiger partial charge in [-0.15, -0.1) is 0 Å². The van der Waals surface area contributed by atoms with Gasteiger partial charge < -0.3 is 10.6 Å². The molecule has 1 unspecified atom stereocenters. The second-order valence-electron chi connectivity index (χ2n) is 3.86. The summed E-state index contributed by atoms with van der Waals surface area (Å²) in [6.07, 6.45) is 0.314. The molecule has 0 saturated carbocycles. The molecule has 5 heteroatoms. The minimum atomic E-state index is -0.132. The Balaban J connectivity index is 2.89. The van der Waals surface area contributed by atoms with Gasteiger partial charge >= 0.3 is 0 Å². The summed E-state index contributed by atoms with van der Waals surface area (Å²) in [6.45, 7) is 1.84. The number of carbonyl (C=O) groups is 1. The van der Waals surface area contributed by atoms with E-state index in [2.05, 4.69) is 15.9 Å². The van der Waals surface area contributed by atoms with Crippen molar-refractivity contribution in [3.63, 3.8) is 0 Å². The number of carbonyl (C=O) groups excluding carboxylic acids is 1. The molecule has 0 bridgehead atoms. The molecule has 2 N–H and O–H groups in total. The molecule has 0 heterocycles. The zero-order valence-electron chi connectivity index (χ0n) is 9.77. The Morgan fingerprint density at radius 1 is 1.65 bits per heavy atom. The molecule has 0 fully saturated rings. The van der Waals surface area contributed by atoms with Crippen molar-refractivity contribution in [3.05, 3.63) is 28.2 Å². The van der Waals surface area contributed by atoms with Gasteiger partial charge in [-0.1, -0.05) is 0 Å². The van der Waals surface area contributed by atoms with Gasteiger partial charge in [0.2, 0.25) is 0 Å². The molecule has 1 rings (SSSR count). The Morgan fingerprint density at radius 2 is 2.29 bits per heavy atom. The maximum Gasteiger partial charge on any atom is 0.253 e. The fraction of sp³-hybridized carbons (Fsp3) is 0.333. The largest absolute Gasteiger partial charge is 0.398 e. The number of nitriles is 1. The first kappa shape index (κ1) is 13.5. The van der Waals surface area contributed by atoms with Crippen molar-refractivity contribution in [3.8, 4) is 6.07 Å². The monoisotopic (exact) mass is 295 g/mol. The summed E-state index contributed by atoms with van der Waals surface area (Å²) in [5.41, 5.74) is 6.77. The third-order valence-corrected chi connectivity index (χ3v) is 3.33. The molecule has 0 aliphatic heterocycles. The first-order valence-corrected chi connectivity index (χ1v) is 5.95. The molecule has 0 radical (unpaired) electrons.